The van der Waals surface area contributed by atoms with Crippen LogP contribution in [0.2, 0.25) is 0 Å². The van der Waals surface area contributed by atoms with E-state index in [-0.39, 0.29) is 0 Å². The van der Waals surface area contributed by atoms with Crippen LogP contribution in [-0.4, -0.2) is 11.5 Å². The van der Waals surface area contributed by atoms with E-state index in [0.717, 1.165) is 6.54 Å². The average Bonchev–Trinajstić information content (AvgIpc) is 3.17. The van der Waals surface area contributed by atoms with Crippen molar-refractivity contribution < 1.29 is 0 Å². The maximum atomic E-state index is 4.21. The third kappa shape index (κ3) is 5.28. The van der Waals surface area contributed by atoms with Gasteiger partial charge in [0.05, 0.1) is 0 Å². The van der Waals surface area contributed by atoms with Gasteiger partial charge in [-0.25, -0.2) is 0 Å². The molecule has 2 heteroatoms. The number of pyridine rings is 1. The molecule has 2 heterocycles. The molecule has 0 unspecified atom stereocenters. The first-order valence-corrected chi connectivity index (χ1v) is 16.9. The van der Waals surface area contributed by atoms with Crippen molar-refractivity contribution in [3.8, 4) is 44.5 Å². The first-order valence-electron chi connectivity index (χ1n) is 16.9. The Hall–Kier alpha value is -6.25. The highest BCUT2D eigenvalue weighted by Crippen LogP contribution is 2.45. The summed E-state index contributed by atoms with van der Waals surface area (Å²) in [7, 11) is 0. The highest BCUT2D eigenvalue weighted by molar-refractivity contribution is 6.22. The van der Waals surface area contributed by atoms with Crippen molar-refractivity contribution in [2.45, 2.75) is 6.92 Å². The van der Waals surface area contributed by atoms with Crippen molar-refractivity contribution in [1.29, 1.82) is 0 Å². The monoisotopic (exact) mass is 626 g/mol. The molecule has 0 fully saturated rings. The maximum Gasteiger partial charge on any atom is 0.0336 e. The molecule has 1 N–H and O–H groups in total. The van der Waals surface area contributed by atoms with Crippen LogP contribution in [0.4, 0.5) is 0 Å². The second-order valence-electron chi connectivity index (χ2n) is 12.9. The molecule has 0 radical (unpaired) electrons. The number of nitrogens with one attached hydrogen (secondary N) is 1. The fourth-order valence-electron chi connectivity index (χ4n) is 7.42. The summed E-state index contributed by atoms with van der Waals surface area (Å²) in [5.41, 5.74) is 13.4. The number of rotatable bonds is 5. The minimum Gasteiger partial charge on any atom is -0.385 e. The molecule has 0 atom stereocenters. The summed E-state index contributed by atoms with van der Waals surface area (Å²) < 4.78 is 0. The largest absolute Gasteiger partial charge is 0.385 e. The van der Waals surface area contributed by atoms with Gasteiger partial charge in [-0.1, -0.05) is 127 Å². The van der Waals surface area contributed by atoms with Gasteiger partial charge in [0.2, 0.25) is 0 Å². The van der Waals surface area contributed by atoms with Crippen molar-refractivity contribution in [1.82, 2.24) is 10.3 Å². The molecule has 49 heavy (non-hydrogen) atoms. The molecule has 7 aromatic carbocycles. The average molecular weight is 627 g/mol. The van der Waals surface area contributed by atoms with Crippen molar-refractivity contribution in [2.24, 2.45) is 0 Å². The van der Waals surface area contributed by atoms with Gasteiger partial charge in [0.1, 0.15) is 0 Å². The quantitative estimate of drug-likeness (QED) is 0.192. The first kappa shape index (κ1) is 28.9. The maximum absolute atomic E-state index is 4.21. The Morgan fingerprint density at radius 3 is 1.69 bits per heavy atom. The van der Waals surface area contributed by atoms with E-state index < -0.39 is 0 Å². The molecule has 0 saturated heterocycles. The van der Waals surface area contributed by atoms with E-state index in [9.17, 15) is 0 Å². The number of aromatic nitrogens is 1. The highest BCUT2D eigenvalue weighted by Gasteiger charge is 2.18. The van der Waals surface area contributed by atoms with Crippen LogP contribution in [-0.2, 0) is 0 Å². The summed E-state index contributed by atoms with van der Waals surface area (Å²) in [5.74, 6) is 0. The fourth-order valence-corrected chi connectivity index (χ4v) is 7.42. The zero-order valence-electron chi connectivity index (χ0n) is 27.3. The van der Waals surface area contributed by atoms with E-state index in [2.05, 4.69) is 175 Å². The molecule has 0 spiro atoms. The lowest BCUT2D eigenvalue weighted by atomic mass is 9.84. The summed E-state index contributed by atoms with van der Waals surface area (Å²) in [5, 5.41) is 10.9. The standard InChI is InChI=1S/C47H34N2/c1-31-28-41(24-27-49-31)34-12-17-37(18-13-34)47-43-9-5-4-8-42(43)46(36-15-10-33(11-16-36)35-22-25-48-26-23-35)44-21-20-40(30-45(44)47)39-19-14-32-6-2-3-7-38(32)29-39/h2-26,28-30,49H,27H2,1H3. The van der Waals surface area contributed by atoms with Crippen LogP contribution in [0, 0.1) is 0 Å². The number of hydrogen-bond donors (Lipinski definition) is 1. The molecule has 8 aromatic rings. The van der Waals surface area contributed by atoms with Gasteiger partial charge in [-0.05, 0) is 125 Å². The molecule has 232 valence electrons. The summed E-state index contributed by atoms with van der Waals surface area (Å²) in [6, 6.07) is 53.6. The molecule has 1 aliphatic rings. The van der Waals surface area contributed by atoms with E-state index >= 15 is 0 Å². The summed E-state index contributed by atoms with van der Waals surface area (Å²) in [6.45, 7) is 2.98. The van der Waals surface area contributed by atoms with Crippen molar-refractivity contribution >= 4 is 37.9 Å². The first-order chi connectivity index (χ1) is 24.2. The molecular weight excluding hydrogens is 593 g/mol. The molecule has 0 aliphatic carbocycles. The van der Waals surface area contributed by atoms with Crippen LogP contribution >= 0.6 is 0 Å². The molecule has 1 aromatic heterocycles. The van der Waals surface area contributed by atoms with Gasteiger partial charge in [0.15, 0.2) is 0 Å². The molecular formula is C47H34N2. The van der Waals surface area contributed by atoms with E-state index in [4.69, 9.17) is 0 Å². The van der Waals surface area contributed by atoms with Crippen LogP contribution in [0.25, 0.3) is 82.4 Å². The predicted molar refractivity (Wildman–Crippen MR) is 208 cm³/mol. The topological polar surface area (TPSA) is 24.9 Å². The summed E-state index contributed by atoms with van der Waals surface area (Å²) in [6.07, 6.45) is 8.19. The van der Waals surface area contributed by atoms with Crippen LogP contribution in [0.1, 0.15) is 12.5 Å². The predicted octanol–water partition coefficient (Wildman–Crippen LogP) is 12.1. The van der Waals surface area contributed by atoms with Crippen molar-refractivity contribution in [3.63, 3.8) is 0 Å². The van der Waals surface area contributed by atoms with Crippen LogP contribution in [0.5, 0.6) is 0 Å². The Kier molecular flexibility index (Phi) is 7.13. The summed E-state index contributed by atoms with van der Waals surface area (Å²) in [4.78, 5) is 4.21. The number of fused-ring (bicyclic) bond motifs is 3. The van der Waals surface area contributed by atoms with Gasteiger partial charge >= 0.3 is 0 Å². The lowest BCUT2D eigenvalue weighted by Gasteiger charge is -2.19. The van der Waals surface area contributed by atoms with E-state index in [0.29, 0.717) is 0 Å². The second-order valence-corrected chi connectivity index (χ2v) is 12.9. The van der Waals surface area contributed by atoms with E-state index in [1.807, 2.05) is 12.4 Å². The molecule has 2 nitrogen and oxygen atoms in total. The van der Waals surface area contributed by atoms with Gasteiger partial charge in [-0.15, -0.1) is 0 Å². The van der Waals surface area contributed by atoms with Crippen LogP contribution in [0.3, 0.4) is 0 Å². The highest BCUT2D eigenvalue weighted by atomic mass is 14.9. The number of allylic oxidation sites excluding steroid dienone is 3. The van der Waals surface area contributed by atoms with E-state index in [1.165, 1.54) is 93.7 Å². The molecule has 9 rings (SSSR count). The van der Waals surface area contributed by atoms with E-state index in [1.54, 1.807) is 0 Å². The van der Waals surface area contributed by atoms with Gasteiger partial charge in [-0.3, -0.25) is 4.98 Å². The molecule has 0 saturated carbocycles. The van der Waals surface area contributed by atoms with Gasteiger partial charge in [0, 0.05) is 24.6 Å². The van der Waals surface area contributed by atoms with Crippen molar-refractivity contribution in [3.05, 3.63) is 181 Å². The Labute approximate surface area is 286 Å². The lowest BCUT2D eigenvalue weighted by molar-refractivity contribution is 0.895. The van der Waals surface area contributed by atoms with Gasteiger partial charge < -0.3 is 5.32 Å². The number of nitrogens with zero attached hydrogens (tertiary/aromatic N) is 1. The zero-order chi connectivity index (χ0) is 32.7. The summed E-state index contributed by atoms with van der Waals surface area (Å²) >= 11 is 0. The van der Waals surface area contributed by atoms with Crippen LogP contribution < -0.4 is 5.32 Å². The third-order valence-corrected chi connectivity index (χ3v) is 9.88. The Bertz CT molecular complexity index is 2570. The van der Waals surface area contributed by atoms with Crippen molar-refractivity contribution in [2.75, 3.05) is 6.54 Å². The SMILES string of the molecule is CC1=CC(c2ccc(-c3c4ccccc4c(-c4ccc(-c5ccncc5)cc4)c4ccc(-c5ccc6ccccc6c5)cc34)cc2)=CCN1. The number of hydrogen-bond acceptors (Lipinski definition) is 2. The Balaban J connectivity index is 1.28. The van der Waals surface area contributed by atoms with Crippen LogP contribution in [0.15, 0.2) is 176 Å². The van der Waals surface area contributed by atoms with Gasteiger partial charge in [0.25, 0.3) is 0 Å². The zero-order valence-corrected chi connectivity index (χ0v) is 27.3. The normalized spacial score (nSPS) is 12.9. The lowest BCUT2D eigenvalue weighted by Crippen LogP contribution is -2.14. The molecule has 0 amide bonds. The third-order valence-electron chi connectivity index (χ3n) is 9.88. The minimum absolute atomic E-state index is 0.858. The second kappa shape index (κ2) is 12.1. The Morgan fingerprint density at radius 1 is 0.449 bits per heavy atom. The minimum atomic E-state index is 0.858. The Morgan fingerprint density at radius 2 is 0.980 bits per heavy atom. The van der Waals surface area contributed by atoms with Gasteiger partial charge in [-0.2, -0.15) is 0 Å². The smallest absolute Gasteiger partial charge is 0.0336 e. The molecule has 0 bridgehead atoms. The molecule has 1 aliphatic heterocycles. The number of dihydropyridines is 1. The fraction of sp³-hybridized carbons (Fsp3) is 0.0426. The number of benzene rings is 7.